The maximum Gasteiger partial charge on any atom is 0.0702 e. The van der Waals surface area contributed by atoms with E-state index in [1.807, 2.05) is 12.3 Å². The Morgan fingerprint density at radius 2 is 2.17 bits per heavy atom. The summed E-state index contributed by atoms with van der Waals surface area (Å²) in [4.78, 5) is 4.32. The number of nitrogens with zero attached hydrogens (tertiary/aromatic N) is 1. The average Bonchev–Trinajstić information content (AvgIpc) is 2.42. The van der Waals surface area contributed by atoms with Crippen molar-refractivity contribution in [2.45, 2.75) is 19.8 Å². The molecule has 2 heteroatoms. The highest BCUT2D eigenvalue weighted by atomic mass is 14.8. The van der Waals surface area contributed by atoms with Gasteiger partial charge in [0.2, 0.25) is 0 Å². The second kappa shape index (κ2) is 6.92. The highest BCUT2D eigenvalue weighted by Gasteiger charge is 1.93. The van der Waals surface area contributed by atoms with E-state index in [1.165, 1.54) is 17.4 Å². The first kappa shape index (κ1) is 12.8. The number of pyridine rings is 1. The summed E-state index contributed by atoms with van der Waals surface area (Å²) in [5.74, 6) is 0. The van der Waals surface area contributed by atoms with Gasteiger partial charge in [0.05, 0.1) is 5.52 Å². The predicted octanol–water partition coefficient (Wildman–Crippen LogP) is 3.64. The number of rotatable bonds is 6. The Hall–Kier alpha value is -1.67. The second-order valence-electron chi connectivity index (χ2n) is 4.40. The molecule has 0 saturated heterocycles. The van der Waals surface area contributed by atoms with Gasteiger partial charge < -0.3 is 5.32 Å². The lowest BCUT2D eigenvalue weighted by Crippen LogP contribution is -2.14. The molecule has 0 fully saturated rings. The Labute approximate surface area is 109 Å². The van der Waals surface area contributed by atoms with E-state index < -0.39 is 0 Å². The van der Waals surface area contributed by atoms with E-state index in [0.717, 1.165) is 25.0 Å². The minimum absolute atomic E-state index is 1.05. The summed E-state index contributed by atoms with van der Waals surface area (Å²) in [5.41, 5.74) is 2.30. The molecule has 0 unspecified atom stereocenters. The molecule has 0 atom stereocenters. The van der Waals surface area contributed by atoms with Crippen molar-refractivity contribution in [2.75, 3.05) is 13.1 Å². The van der Waals surface area contributed by atoms with Crippen LogP contribution in [0.3, 0.4) is 0 Å². The third-order valence-electron chi connectivity index (χ3n) is 2.85. The molecule has 1 N–H and O–H groups in total. The van der Waals surface area contributed by atoms with Gasteiger partial charge in [0.1, 0.15) is 0 Å². The van der Waals surface area contributed by atoms with Crippen LogP contribution in [0.4, 0.5) is 0 Å². The largest absolute Gasteiger partial charge is 0.316 e. The summed E-state index contributed by atoms with van der Waals surface area (Å²) in [6.07, 6.45) is 8.50. The quantitative estimate of drug-likeness (QED) is 0.780. The van der Waals surface area contributed by atoms with Crippen LogP contribution in [0.15, 0.2) is 42.6 Å². The van der Waals surface area contributed by atoms with Crippen LogP contribution in [0.5, 0.6) is 0 Å². The molecule has 0 radical (unpaired) electrons. The molecule has 0 bridgehead atoms. The summed E-state index contributed by atoms with van der Waals surface area (Å²) in [6.45, 7) is 4.35. The summed E-state index contributed by atoms with van der Waals surface area (Å²) < 4.78 is 0. The zero-order chi connectivity index (χ0) is 12.6. The standard InChI is InChI=1S/C16H20N2/c1-2-10-17-11-4-3-6-14-8-9-16-15(13-14)7-5-12-18-16/h3,5-9,12-13,17H,2,4,10-11H2,1H3/b6-3+. The number of hydrogen-bond acceptors (Lipinski definition) is 2. The third-order valence-corrected chi connectivity index (χ3v) is 2.85. The number of fused-ring (bicyclic) bond motifs is 1. The molecule has 2 nitrogen and oxygen atoms in total. The fourth-order valence-corrected chi connectivity index (χ4v) is 1.90. The summed E-state index contributed by atoms with van der Waals surface area (Å²) >= 11 is 0. The second-order valence-corrected chi connectivity index (χ2v) is 4.40. The van der Waals surface area contributed by atoms with E-state index in [4.69, 9.17) is 0 Å². The van der Waals surface area contributed by atoms with Crippen molar-refractivity contribution in [3.63, 3.8) is 0 Å². The highest BCUT2D eigenvalue weighted by molar-refractivity contribution is 5.80. The summed E-state index contributed by atoms with van der Waals surface area (Å²) in [5, 5.41) is 4.59. The molecule has 2 aromatic rings. The average molecular weight is 240 g/mol. The van der Waals surface area contributed by atoms with Crippen molar-refractivity contribution < 1.29 is 0 Å². The van der Waals surface area contributed by atoms with E-state index in [9.17, 15) is 0 Å². The zero-order valence-electron chi connectivity index (χ0n) is 10.9. The summed E-state index contributed by atoms with van der Waals surface area (Å²) in [6, 6.07) is 10.4. The first-order valence-corrected chi connectivity index (χ1v) is 6.62. The monoisotopic (exact) mass is 240 g/mol. The maximum absolute atomic E-state index is 4.32. The molecule has 1 aromatic heterocycles. The fraction of sp³-hybridized carbons (Fsp3) is 0.312. The molecule has 0 aliphatic carbocycles. The lowest BCUT2D eigenvalue weighted by atomic mass is 10.1. The Kier molecular flexibility index (Phi) is 4.91. The molecule has 1 aromatic carbocycles. The van der Waals surface area contributed by atoms with Gasteiger partial charge in [-0.15, -0.1) is 0 Å². The van der Waals surface area contributed by atoms with E-state index in [-0.39, 0.29) is 0 Å². The van der Waals surface area contributed by atoms with Crippen LogP contribution in [0.2, 0.25) is 0 Å². The van der Waals surface area contributed by atoms with Crippen LogP contribution in [0, 0.1) is 0 Å². The normalized spacial score (nSPS) is 11.4. The van der Waals surface area contributed by atoms with Gasteiger partial charge in [-0.3, -0.25) is 4.98 Å². The minimum atomic E-state index is 1.05. The molecule has 0 aliphatic heterocycles. The van der Waals surface area contributed by atoms with Gasteiger partial charge >= 0.3 is 0 Å². The van der Waals surface area contributed by atoms with Gasteiger partial charge in [0.25, 0.3) is 0 Å². The lowest BCUT2D eigenvalue weighted by molar-refractivity contribution is 0.679. The van der Waals surface area contributed by atoms with E-state index in [1.54, 1.807) is 0 Å². The smallest absolute Gasteiger partial charge is 0.0702 e. The number of nitrogens with one attached hydrogen (secondary N) is 1. The van der Waals surface area contributed by atoms with Crippen molar-refractivity contribution >= 4 is 17.0 Å². The molecular weight excluding hydrogens is 220 g/mol. The van der Waals surface area contributed by atoms with Crippen LogP contribution in [-0.4, -0.2) is 18.1 Å². The first-order valence-electron chi connectivity index (χ1n) is 6.62. The van der Waals surface area contributed by atoms with Gasteiger partial charge in [-0.1, -0.05) is 31.2 Å². The van der Waals surface area contributed by atoms with Crippen LogP contribution in [0.1, 0.15) is 25.3 Å². The number of hydrogen-bond donors (Lipinski definition) is 1. The van der Waals surface area contributed by atoms with E-state index in [0.29, 0.717) is 0 Å². The van der Waals surface area contributed by atoms with Gasteiger partial charge in [-0.05, 0) is 49.7 Å². The Morgan fingerprint density at radius 1 is 1.22 bits per heavy atom. The Bertz CT molecular complexity index is 517. The summed E-state index contributed by atoms with van der Waals surface area (Å²) in [7, 11) is 0. The van der Waals surface area contributed by atoms with Crippen molar-refractivity contribution in [1.82, 2.24) is 10.3 Å². The van der Waals surface area contributed by atoms with Crippen LogP contribution in [0.25, 0.3) is 17.0 Å². The number of benzene rings is 1. The predicted molar refractivity (Wildman–Crippen MR) is 78.6 cm³/mol. The molecule has 2 rings (SSSR count). The van der Waals surface area contributed by atoms with Gasteiger partial charge in [-0.2, -0.15) is 0 Å². The van der Waals surface area contributed by atoms with Crippen molar-refractivity contribution in [1.29, 1.82) is 0 Å². The minimum Gasteiger partial charge on any atom is -0.316 e. The Morgan fingerprint density at radius 3 is 3.06 bits per heavy atom. The molecule has 0 saturated carbocycles. The third kappa shape index (κ3) is 3.67. The molecule has 1 heterocycles. The van der Waals surface area contributed by atoms with E-state index >= 15 is 0 Å². The van der Waals surface area contributed by atoms with Crippen molar-refractivity contribution in [2.24, 2.45) is 0 Å². The van der Waals surface area contributed by atoms with Gasteiger partial charge in [0, 0.05) is 11.6 Å². The molecule has 0 aliphatic rings. The van der Waals surface area contributed by atoms with Crippen molar-refractivity contribution in [3.8, 4) is 0 Å². The molecule has 0 amide bonds. The van der Waals surface area contributed by atoms with Gasteiger partial charge in [0.15, 0.2) is 0 Å². The first-order chi connectivity index (χ1) is 8.90. The maximum atomic E-state index is 4.32. The molecular formula is C16H20N2. The Balaban J connectivity index is 1.93. The van der Waals surface area contributed by atoms with Crippen LogP contribution < -0.4 is 5.32 Å². The highest BCUT2D eigenvalue weighted by Crippen LogP contribution is 2.14. The fourth-order valence-electron chi connectivity index (χ4n) is 1.90. The van der Waals surface area contributed by atoms with E-state index in [2.05, 4.69) is 53.6 Å². The molecule has 18 heavy (non-hydrogen) atoms. The van der Waals surface area contributed by atoms with Crippen molar-refractivity contribution in [3.05, 3.63) is 48.2 Å². The SMILES string of the molecule is CCCNCC/C=C/c1ccc2ncccc2c1. The molecule has 94 valence electrons. The van der Waals surface area contributed by atoms with Gasteiger partial charge in [-0.25, -0.2) is 0 Å². The van der Waals surface area contributed by atoms with Crippen LogP contribution in [-0.2, 0) is 0 Å². The topological polar surface area (TPSA) is 24.9 Å². The zero-order valence-corrected chi connectivity index (χ0v) is 10.9. The lowest BCUT2D eigenvalue weighted by Gasteiger charge is -2.00. The number of aromatic nitrogens is 1. The van der Waals surface area contributed by atoms with Crippen LogP contribution >= 0.6 is 0 Å². The molecule has 0 spiro atoms.